The van der Waals surface area contributed by atoms with Crippen molar-refractivity contribution in [3.8, 4) is 0 Å². The molecule has 1 atom stereocenters. The third kappa shape index (κ3) is 4.06. The van der Waals surface area contributed by atoms with Gasteiger partial charge in [-0.25, -0.2) is 0 Å². The fraction of sp³-hybridized carbons (Fsp3) is 0.571. The molecule has 3 nitrogen and oxygen atoms in total. The number of carboxylic acids is 1. The lowest BCUT2D eigenvalue weighted by molar-refractivity contribution is -0.140. The number of Topliss-reactive ketones (excluding diaryl/α,β-unsaturated/α-hetero) is 1. The van der Waals surface area contributed by atoms with Crippen molar-refractivity contribution < 1.29 is 14.7 Å². The second-order valence-electron chi connectivity index (χ2n) is 2.19. The predicted molar refractivity (Wildman–Crippen MR) is 35.3 cm³/mol. The molecule has 1 N–H and O–H groups in total. The van der Waals surface area contributed by atoms with E-state index in [1.54, 1.807) is 0 Å². The van der Waals surface area contributed by atoms with Gasteiger partial charge in [0.1, 0.15) is 5.78 Å². The molecule has 0 aliphatic heterocycles. The van der Waals surface area contributed by atoms with Crippen LogP contribution in [0.1, 0.15) is 19.8 Å². The van der Waals surface area contributed by atoms with Crippen LogP contribution in [-0.4, -0.2) is 16.9 Å². The smallest absolute Gasteiger partial charge is 0.306 e. The van der Waals surface area contributed by atoms with Crippen molar-refractivity contribution in [3.63, 3.8) is 0 Å². The lowest BCUT2D eigenvalue weighted by atomic mass is 10.0. The molecule has 0 unspecified atom stereocenters. The number of rotatable bonds is 4. The van der Waals surface area contributed by atoms with Crippen LogP contribution < -0.4 is 0 Å². The van der Waals surface area contributed by atoms with E-state index in [-0.39, 0.29) is 18.6 Å². The summed E-state index contributed by atoms with van der Waals surface area (Å²) in [5.41, 5.74) is 0. The highest BCUT2D eigenvalue weighted by molar-refractivity contribution is 5.77. The molecule has 0 aliphatic carbocycles. The van der Waals surface area contributed by atoms with Crippen LogP contribution in [0.2, 0.25) is 0 Å². The van der Waals surface area contributed by atoms with E-state index in [1.807, 2.05) is 0 Å². The van der Waals surface area contributed by atoms with Crippen molar-refractivity contribution in [1.82, 2.24) is 0 Å². The summed E-state index contributed by atoms with van der Waals surface area (Å²) in [5, 5.41) is 8.26. The number of hydrogen-bond donors (Lipinski definition) is 1. The lowest BCUT2D eigenvalue weighted by Crippen LogP contribution is -2.10. The maximum absolute atomic E-state index is 10.3. The molecule has 0 fully saturated rings. The van der Waals surface area contributed by atoms with Crippen molar-refractivity contribution >= 4 is 11.8 Å². The SMILES string of the molecule is [CH][C@@H](CCC(C)=O)C(=O)O. The van der Waals surface area contributed by atoms with Crippen LogP contribution in [0.25, 0.3) is 0 Å². The molecule has 56 valence electrons. The summed E-state index contributed by atoms with van der Waals surface area (Å²) >= 11 is 0. The average molecular weight is 142 g/mol. The highest BCUT2D eigenvalue weighted by Gasteiger charge is 2.10. The molecule has 0 rings (SSSR count). The molecule has 0 saturated heterocycles. The fourth-order valence-electron chi connectivity index (χ4n) is 0.482. The third-order valence-electron chi connectivity index (χ3n) is 1.12. The number of carbonyl (C=O) groups excluding carboxylic acids is 1. The highest BCUT2D eigenvalue weighted by atomic mass is 16.4. The molecule has 0 saturated carbocycles. The lowest BCUT2D eigenvalue weighted by Gasteiger charge is -2.01. The quantitative estimate of drug-likeness (QED) is 0.630. The standard InChI is InChI=1S/C7H10O3/c1-5(7(9)10)3-4-6(2)8/h1,5H,3-4H2,2H3,(H,9,10)/t5-/m0/s1. The molecule has 0 amide bonds. The van der Waals surface area contributed by atoms with Crippen LogP contribution in [0.15, 0.2) is 0 Å². The van der Waals surface area contributed by atoms with Crippen molar-refractivity contribution in [3.05, 3.63) is 6.92 Å². The minimum Gasteiger partial charge on any atom is -0.481 e. The summed E-state index contributed by atoms with van der Waals surface area (Å²) in [5.74, 6) is -1.98. The molecule has 0 heterocycles. The Hall–Kier alpha value is -0.860. The summed E-state index contributed by atoms with van der Waals surface area (Å²) in [7, 11) is 0. The van der Waals surface area contributed by atoms with E-state index >= 15 is 0 Å². The number of aliphatic carboxylic acids is 1. The second-order valence-corrected chi connectivity index (χ2v) is 2.19. The van der Waals surface area contributed by atoms with Crippen molar-refractivity contribution in [2.45, 2.75) is 19.8 Å². The fourth-order valence-corrected chi connectivity index (χ4v) is 0.482. The van der Waals surface area contributed by atoms with Gasteiger partial charge in [0.2, 0.25) is 0 Å². The first kappa shape index (κ1) is 9.14. The largest absolute Gasteiger partial charge is 0.481 e. The Morgan fingerprint density at radius 1 is 1.60 bits per heavy atom. The number of carbonyl (C=O) groups is 2. The van der Waals surface area contributed by atoms with Crippen LogP contribution in [-0.2, 0) is 9.59 Å². The van der Waals surface area contributed by atoms with E-state index in [4.69, 9.17) is 12.0 Å². The summed E-state index contributed by atoms with van der Waals surface area (Å²) < 4.78 is 0. The first-order chi connectivity index (χ1) is 4.54. The molecule has 0 spiro atoms. The van der Waals surface area contributed by atoms with Crippen molar-refractivity contribution in [2.75, 3.05) is 0 Å². The summed E-state index contributed by atoms with van der Waals surface area (Å²) in [6.45, 7) is 6.52. The zero-order valence-corrected chi connectivity index (χ0v) is 5.83. The summed E-state index contributed by atoms with van der Waals surface area (Å²) in [4.78, 5) is 20.4. The van der Waals surface area contributed by atoms with Gasteiger partial charge in [-0.1, -0.05) is 0 Å². The first-order valence-corrected chi connectivity index (χ1v) is 3.02. The van der Waals surface area contributed by atoms with Crippen molar-refractivity contribution in [1.29, 1.82) is 0 Å². The van der Waals surface area contributed by atoms with E-state index < -0.39 is 11.9 Å². The van der Waals surface area contributed by atoms with Gasteiger partial charge in [-0.3, -0.25) is 4.79 Å². The van der Waals surface area contributed by atoms with Gasteiger partial charge in [-0.15, -0.1) is 0 Å². The van der Waals surface area contributed by atoms with Crippen molar-refractivity contribution in [2.24, 2.45) is 5.92 Å². The van der Waals surface area contributed by atoms with E-state index in [0.717, 1.165) is 0 Å². The Morgan fingerprint density at radius 3 is 2.40 bits per heavy atom. The van der Waals surface area contributed by atoms with E-state index in [1.165, 1.54) is 6.92 Å². The minimum absolute atomic E-state index is 0.0308. The Balaban J connectivity index is 3.49. The van der Waals surface area contributed by atoms with E-state index in [9.17, 15) is 9.59 Å². The van der Waals surface area contributed by atoms with Gasteiger partial charge in [-0.05, 0) is 20.3 Å². The highest BCUT2D eigenvalue weighted by Crippen LogP contribution is 2.04. The number of hydrogen-bond acceptors (Lipinski definition) is 2. The molecule has 0 aromatic heterocycles. The van der Waals surface area contributed by atoms with Crippen LogP contribution >= 0.6 is 0 Å². The molecule has 3 heteroatoms. The van der Waals surface area contributed by atoms with Crippen LogP contribution in [0.3, 0.4) is 0 Å². The van der Waals surface area contributed by atoms with Gasteiger partial charge in [0, 0.05) is 6.42 Å². The van der Waals surface area contributed by atoms with Gasteiger partial charge in [0.25, 0.3) is 0 Å². The first-order valence-electron chi connectivity index (χ1n) is 3.02. The molecule has 10 heavy (non-hydrogen) atoms. The van der Waals surface area contributed by atoms with Crippen LogP contribution in [0.5, 0.6) is 0 Å². The van der Waals surface area contributed by atoms with Gasteiger partial charge in [0.15, 0.2) is 0 Å². The second kappa shape index (κ2) is 4.04. The molecule has 2 radical (unpaired) electrons. The third-order valence-corrected chi connectivity index (χ3v) is 1.12. The Bertz CT molecular complexity index is 140. The summed E-state index contributed by atoms with van der Waals surface area (Å²) in [6.07, 6.45) is 0.470. The van der Waals surface area contributed by atoms with Gasteiger partial charge >= 0.3 is 5.97 Å². The maximum Gasteiger partial charge on any atom is 0.306 e. The molecule has 0 aliphatic rings. The van der Waals surface area contributed by atoms with Crippen LogP contribution in [0, 0.1) is 12.8 Å². The number of carboxylic acid groups (broad SMARTS) is 1. The normalized spacial score (nSPS) is 12.6. The molecule has 0 aromatic carbocycles. The zero-order valence-electron chi connectivity index (χ0n) is 5.83. The molecular formula is C7H10O3. The summed E-state index contributed by atoms with van der Waals surface area (Å²) in [6, 6.07) is 0. The topological polar surface area (TPSA) is 54.4 Å². The van der Waals surface area contributed by atoms with Gasteiger partial charge < -0.3 is 9.90 Å². The molecule has 0 bridgehead atoms. The molecule has 0 aromatic rings. The zero-order chi connectivity index (χ0) is 8.15. The van der Waals surface area contributed by atoms with Gasteiger partial charge in [0.05, 0.1) is 5.92 Å². The Kier molecular flexibility index (Phi) is 3.69. The Labute approximate surface area is 60.0 Å². The van der Waals surface area contributed by atoms with E-state index in [0.29, 0.717) is 0 Å². The predicted octanol–water partition coefficient (Wildman–Crippen LogP) is 0.767. The van der Waals surface area contributed by atoms with E-state index in [2.05, 4.69) is 0 Å². The van der Waals surface area contributed by atoms with Gasteiger partial charge in [-0.2, -0.15) is 0 Å². The number of ketones is 1. The van der Waals surface area contributed by atoms with Crippen LogP contribution in [0.4, 0.5) is 0 Å². The average Bonchev–Trinajstić information content (AvgIpc) is 1.82. The molecular weight excluding hydrogens is 132 g/mol. The Morgan fingerprint density at radius 2 is 2.10 bits per heavy atom. The monoisotopic (exact) mass is 142 g/mol. The maximum atomic E-state index is 10.3. The minimum atomic E-state index is -1.05.